The van der Waals surface area contributed by atoms with E-state index in [1.54, 1.807) is 14.2 Å². The summed E-state index contributed by atoms with van der Waals surface area (Å²) in [5.41, 5.74) is 1.95. The molecule has 0 radical (unpaired) electrons. The van der Waals surface area contributed by atoms with Gasteiger partial charge >= 0.3 is 0 Å². The zero-order chi connectivity index (χ0) is 33.4. The third kappa shape index (κ3) is 7.97. The predicted molar refractivity (Wildman–Crippen MR) is 187 cm³/mol. The lowest BCUT2D eigenvalue weighted by Gasteiger charge is -2.47. The third-order valence-electron chi connectivity index (χ3n) is 8.98. The molecule has 5 atom stereocenters. The van der Waals surface area contributed by atoms with Crippen molar-refractivity contribution >= 4 is 18.7 Å². The number of aliphatic hydroxyl groups excluding tert-OH is 1. The van der Waals surface area contributed by atoms with E-state index in [1.165, 1.54) is 10.4 Å². The Hall–Kier alpha value is -3.50. The minimum atomic E-state index is -2.86. The lowest BCUT2D eigenvalue weighted by molar-refractivity contribution is -0.252. The summed E-state index contributed by atoms with van der Waals surface area (Å²) in [6, 6.07) is 36.5. The highest BCUT2D eigenvalue weighted by atomic mass is 28.4. The molecule has 0 saturated carbocycles. The quantitative estimate of drug-likeness (QED) is 0.180. The van der Waals surface area contributed by atoms with Crippen LogP contribution in [-0.2, 0) is 31.9 Å². The molecule has 1 saturated heterocycles. The van der Waals surface area contributed by atoms with Crippen molar-refractivity contribution in [1.82, 2.24) is 0 Å². The Kier molecular flexibility index (Phi) is 11.6. The number of hydrogen-bond acceptors (Lipinski definition) is 7. The van der Waals surface area contributed by atoms with Gasteiger partial charge in [0.15, 0.2) is 0 Å². The summed E-state index contributed by atoms with van der Waals surface area (Å²) in [5.74, 6) is 1.55. The molecule has 5 rings (SSSR count). The molecule has 0 bridgehead atoms. The lowest BCUT2D eigenvalue weighted by Crippen LogP contribution is -2.68. The van der Waals surface area contributed by atoms with Gasteiger partial charge in [0.05, 0.1) is 40.1 Å². The van der Waals surface area contributed by atoms with Crippen LogP contribution < -0.4 is 19.8 Å². The van der Waals surface area contributed by atoms with Gasteiger partial charge in [0.2, 0.25) is 0 Å². The van der Waals surface area contributed by atoms with Crippen molar-refractivity contribution in [2.24, 2.45) is 0 Å². The highest BCUT2D eigenvalue weighted by Crippen LogP contribution is 2.38. The maximum Gasteiger partial charge on any atom is 0.261 e. The number of rotatable bonds is 13. The Labute approximate surface area is 280 Å². The van der Waals surface area contributed by atoms with E-state index < -0.39 is 32.7 Å². The molecule has 47 heavy (non-hydrogen) atoms. The van der Waals surface area contributed by atoms with E-state index in [0.29, 0.717) is 13.2 Å². The lowest BCUT2D eigenvalue weighted by atomic mass is 9.95. The number of benzene rings is 4. The molecule has 1 heterocycles. The fourth-order valence-corrected chi connectivity index (χ4v) is 11.0. The van der Waals surface area contributed by atoms with Crippen molar-refractivity contribution in [3.63, 3.8) is 0 Å². The summed E-state index contributed by atoms with van der Waals surface area (Å²) in [6.07, 6.45) is -3.18. The van der Waals surface area contributed by atoms with Gasteiger partial charge in [-0.05, 0) is 57.7 Å². The van der Waals surface area contributed by atoms with Gasteiger partial charge in [0.1, 0.15) is 35.9 Å². The zero-order valence-corrected chi connectivity index (χ0v) is 29.3. The summed E-state index contributed by atoms with van der Waals surface area (Å²) >= 11 is 0. The molecule has 2 unspecified atom stereocenters. The zero-order valence-electron chi connectivity index (χ0n) is 28.3. The van der Waals surface area contributed by atoms with E-state index in [1.807, 2.05) is 67.6 Å². The van der Waals surface area contributed by atoms with Crippen LogP contribution in [-0.4, -0.2) is 64.8 Å². The molecule has 1 fully saturated rings. The van der Waals surface area contributed by atoms with Crippen LogP contribution >= 0.6 is 0 Å². The van der Waals surface area contributed by atoms with Crippen molar-refractivity contribution < 1.29 is 33.2 Å². The molecule has 8 heteroatoms. The first-order chi connectivity index (χ1) is 22.7. The van der Waals surface area contributed by atoms with Gasteiger partial charge in [-0.3, -0.25) is 0 Å². The van der Waals surface area contributed by atoms with E-state index in [-0.39, 0.29) is 17.7 Å². The van der Waals surface area contributed by atoms with E-state index in [4.69, 9.17) is 28.1 Å². The average Bonchev–Trinajstić information content (AvgIpc) is 3.09. The summed E-state index contributed by atoms with van der Waals surface area (Å²) < 4.78 is 37.3. The van der Waals surface area contributed by atoms with E-state index in [0.717, 1.165) is 22.6 Å². The number of methoxy groups -OCH3 is 2. The maximum atomic E-state index is 12.0. The van der Waals surface area contributed by atoms with Crippen LogP contribution in [0.1, 0.15) is 38.8 Å². The Morgan fingerprint density at radius 1 is 0.660 bits per heavy atom. The smallest absolute Gasteiger partial charge is 0.261 e. The maximum absolute atomic E-state index is 12.0. The van der Waals surface area contributed by atoms with Gasteiger partial charge in [-0.2, -0.15) is 0 Å². The van der Waals surface area contributed by atoms with Crippen LogP contribution in [0.3, 0.4) is 0 Å². The molecule has 0 spiro atoms. The van der Waals surface area contributed by atoms with Crippen LogP contribution in [0.25, 0.3) is 0 Å². The van der Waals surface area contributed by atoms with E-state index >= 15 is 0 Å². The second kappa shape index (κ2) is 15.6. The molecule has 1 N–H and O–H groups in total. The first-order valence-corrected chi connectivity index (χ1v) is 18.1. The standard InChI is InChI=1S/C39H48O7Si/c1-28-37(43-25-29-17-21-31(41-5)22-18-29)38(44-26-30-19-23-32(42-6)24-20-30)36(40)35(46-28)27-45-47(39(2,3)4,33-13-9-7-10-14-33)34-15-11-8-12-16-34/h7-24,28,35-38,40H,25-27H2,1-6H3/t28-,35?,36-,37?,38-/m1/s1. The molecule has 1 aliphatic rings. The van der Waals surface area contributed by atoms with Crippen LogP contribution in [0.2, 0.25) is 5.04 Å². The second-order valence-corrected chi connectivity index (χ2v) is 17.4. The molecular weight excluding hydrogens is 609 g/mol. The molecule has 0 amide bonds. The fraction of sp³-hybridized carbons (Fsp3) is 0.385. The van der Waals surface area contributed by atoms with Crippen LogP contribution in [0, 0.1) is 0 Å². The van der Waals surface area contributed by atoms with Crippen molar-refractivity contribution in [3.8, 4) is 11.5 Å². The Morgan fingerprint density at radius 3 is 1.53 bits per heavy atom. The van der Waals surface area contributed by atoms with Crippen molar-refractivity contribution in [1.29, 1.82) is 0 Å². The molecule has 1 aliphatic heterocycles. The van der Waals surface area contributed by atoms with Crippen molar-refractivity contribution in [2.75, 3.05) is 20.8 Å². The summed E-state index contributed by atoms with van der Waals surface area (Å²) in [4.78, 5) is 0. The summed E-state index contributed by atoms with van der Waals surface area (Å²) in [7, 11) is 0.433. The topological polar surface area (TPSA) is 75.6 Å². The normalized spacial score (nSPS) is 21.7. The predicted octanol–water partition coefficient (Wildman–Crippen LogP) is 5.90. The molecule has 4 aromatic rings. The molecule has 0 aliphatic carbocycles. The number of ether oxygens (including phenoxy) is 5. The molecule has 0 aromatic heterocycles. The van der Waals surface area contributed by atoms with E-state index in [2.05, 4.69) is 69.3 Å². The van der Waals surface area contributed by atoms with Crippen molar-refractivity contribution in [3.05, 3.63) is 120 Å². The Morgan fingerprint density at radius 2 is 1.11 bits per heavy atom. The summed E-state index contributed by atoms with van der Waals surface area (Å²) in [6.45, 7) is 9.53. The van der Waals surface area contributed by atoms with Gasteiger partial charge in [-0.15, -0.1) is 0 Å². The third-order valence-corrected chi connectivity index (χ3v) is 14.0. The Balaban J connectivity index is 1.41. The minimum Gasteiger partial charge on any atom is -0.497 e. The van der Waals surface area contributed by atoms with Crippen LogP contribution in [0.5, 0.6) is 11.5 Å². The largest absolute Gasteiger partial charge is 0.497 e. The summed E-state index contributed by atoms with van der Waals surface area (Å²) in [5, 5.41) is 14.1. The van der Waals surface area contributed by atoms with Crippen LogP contribution in [0.4, 0.5) is 0 Å². The fourth-order valence-electron chi connectivity index (χ4n) is 6.47. The number of aliphatic hydroxyl groups is 1. The second-order valence-electron chi connectivity index (χ2n) is 13.1. The average molecular weight is 657 g/mol. The highest BCUT2D eigenvalue weighted by Gasteiger charge is 2.52. The van der Waals surface area contributed by atoms with Gasteiger partial charge in [0.25, 0.3) is 8.32 Å². The molecular formula is C39H48O7Si. The Bertz CT molecular complexity index is 1470. The van der Waals surface area contributed by atoms with Gasteiger partial charge < -0.3 is 33.2 Å². The monoisotopic (exact) mass is 656 g/mol. The molecule has 7 nitrogen and oxygen atoms in total. The first-order valence-electron chi connectivity index (χ1n) is 16.2. The van der Waals surface area contributed by atoms with Crippen LogP contribution in [0.15, 0.2) is 109 Å². The minimum absolute atomic E-state index is 0.201. The van der Waals surface area contributed by atoms with Gasteiger partial charge in [-0.25, -0.2) is 0 Å². The van der Waals surface area contributed by atoms with Gasteiger partial charge in [-0.1, -0.05) is 106 Å². The highest BCUT2D eigenvalue weighted by molar-refractivity contribution is 6.99. The van der Waals surface area contributed by atoms with Crippen molar-refractivity contribution in [2.45, 2.75) is 76.5 Å². The van der Waals surface area contributed by atoms with Gasteiger partial charge in [0, 0.05) is 0 Å². The SMILES string of the molecule is COc1ccc(COC2[C@@H](C)OC(CO[Si](c3ccccc3)(c3ccccc3)C(C)(C)C)[C@@H](O)[C@H]2OCc2ccc(OC)cc2)cc1. The molecule has 4 aromatic carbocycles. The number of hydrogen-bond donors (Lipinski definition) is 1. The first kappa shape index (κ1) is 34.8. The molecule has 250 valence electrons. The van der Waals surface area contributed by atoms with E-state index in [9.17, 15) is 5.11 Å².